The SMILES string of the molecule is COCc1nc(NN)cc(NCCCC(C)C)n1. The van der Waals surface area contributed by atoms with Gasteiger partial charge in [0.2, 0.25) is 0 Å². The first-order valence-corrected chi connectivity index (χ1v) is 6.23. The molecule has 0 amide bonds. The van der Waals surface area contributed by atoms with Crippen LogP contribution in [0.4, 0.5) is 11.6 Å². The highest BCUT2D eigenvalue weighted by Gasteiger charge is 2.03. The number of nitrogen functional groups attached to an aromatic ring is 1. The quantitative estimate of drug-likeness (QED) is 0.372. The van der Waals surface area contributed by atoms with E-state index in [0.717, 1.165) is 24.7 Å². The maximum atomic E-state index is 5.37. The molecule has 0 bridgehead atoms. The fraction of sp³-hybridized carbons (Fsp3) is 0.667. The van der Waals surface area contributed by atoms with Crippen LogP contribution >= 0.6 is 0 Å². The van der Waals surface area contributed by atoms with Gasteiger partial charge in [0.25, 0.3) is 0 Å². The van der Waals surface area contributed by atoms with E-state index in [1.807, 2.05) is 0 Å². The Balaban J connectivity index is 2.55. The van der Waals surface area contributed by atoms with Gasteiger partial charge in [-0.25, -0.2) is 15.8 Å². The van der Waals surface area contributed by atoms with Gasteiger partial charge in [0.05, 0.1) is 0 Å². The van der Waals surface area contributed by atoms with Crippen LogP contribution in [0.15, 0.2) is 6.07 Å². The molecule has 0 aliphatic carbocycles. The lowest BCUT2D eigenvalue weighted by Gasteiger charge is -2.10. The molecular weight excluding hydrogens is 230 g/mol. The minimum atomic E-state index is 0.371. The molecule has 0 aliphatic heterocycles. The molecule has 18 heavy (non-hydrogen) atoms. The third-order valence-electron chi connectivity index (χ3n) is 2.46. The first-order chi connectivity index (χ1) is 8.65. The Labute approximate surface area is 108 Å². The topological polar surface area (TPSA) is 85.1 Å². The summed E-state index contributed by atoms with van der Waals surface area (Å²) in [7, 11) is 1.61. The number of nitrogens with one attached hydrogen (secondary N) is 2. The Bertz CT molecular complexity index is 356. The Morgan fingerprint density at radius 2 is 2.06 bits per heavy atom. The van der Waals surface area contributed by atoms with Crippen LogP contribution in [0, 0.1) is 5.92 Å². The van der Waals surface area contributed by atoms with Crippen LogP contribution in [0.1, 0.15) is 32.5 Å². The number of nitrogens with two attached hydrogens (primary N) is 1. The van der Waals surface area contributed by atoms with E-state index >= 15 is 0 Å². The Morgan fingerprint density at radius 3 is 2.67 bits per heavy atom. The minimum Gasteiger partial charge on any atom is -0.377 e. The molecule has 1 aromatic heterocycles. The number of hydrazine groups is 1. The summed E-state index contributed by atoms with van der Waals surface area (Å²) in [5.74, 6) is 8.06. The van der Waals surface area contributed by atoms with Gasteiger partial charge in [-0.1, -0.05) is 13.8 Å². The van der Waals surface area contributed by atoms with E-state index < -0.39 is 0 Å². The van der Waals surface area contributed by atoms with Gasteiger partial charge >= 0.3 is 0 Å². The zero-order valence-corrected chi connectivity index (χ0v) is 11.4. The maximum Gasteiger partial charge on any atom is 0.158 e. The molecule has 0 fully saturated rings. The first-order valence-electron chi connectivity index (χ1n) is 6.23. The van der Waals surface area contributed by atoms with Crippen molar-refractivity contribution < 1.29 is 4.74 Å². The molecule has 102 valence electrons. The molecule has 0 unspecified atom stereocenters. The van der Waals surface area contributed by atoms with Crippen molar-refractivity contribution in [2.45, 2.75) is 33.3 Å². The van der Waals surface area contributed by atoms with E-state index in [4.69, 9.17) is 10.6 Å². The van der Waals surface area contributed by atoms with E-state index in [2.05, 4.69) is 34.6 Å². The van der Waals surface area contributed by atoms with E-state index in [0.29, 0.717) is 18.2 Å². The Morgan fingerprint density at radius 1 is 1.33 bits per heavy atom. The maximum absolute atomic E-state index is 5.37. The second-order valence-electron chi connectivity index (χ2n) is 4.59. The lowest BCUT2D eigenvalue weighted by atomic mass is 10.1. The lowest BCUT2D eigenvalue weighted by molar-refractivity contribution is 0.178. The van der Waals surface area contributed by atoms with E-state index in [1.54, 1.807) is 13.2 Å². The van der Waals surface area contributed by atoms with Crippen molar-refractivity contribution in [1.82, 2.24) is 9.97 Å². The third kappa shape index (κ3) is 5.29. The minimum absolute atomic E-state index is 0.371. The highest BCUT2D eigenvalue weighted by Crippen LogP contribution is 2.11. The van der Waals surface area contributed by atoms with Crippen LogP contribution in [-0.2, 0) is 11.3 Å². The highest BCUT2D eigenvalue weighted by atomic mass is 16.5. The van der Waals surface area contributed by atoms with Gasteiger partial charge in [0.1, 0.15) is 18.2 Å². The van der Waals surface area contributed by atoms with Crippen LogP contribution in [0.25, 0.3) is 0 Å². The second-order valence-corrected chi connectivity index (χ2v) is 4.59. The summed E-state index contributed by atoms with van der Waals surface area (Å²) < 4.78 is 5.02. The van der Waals surface area contributed by atoms with Gasteiger partial charge in [0, 0.05) is 19.7 Å². The number of aromatic nitrogens is 2. The van der Waals surface area contributed by atoms with Crippen molar-refractivity contribution in [2.24, 2.45) is 11.8 Å². The molecular formula is C12H23N5O. The normalized spacial score (nSPS) is 10.7. The van der Waals surface area contributed by atoms with Gasteiger partial charge in [-0.2, -0.15) is 0 Å². The molecule has 0 aliphatic rings. The molecule has 0 spiro atoms. The van der Waals surface area contributed by atoms with Crippen molar-refractivity contribution >= 4 is 11.6 Å². The van der Waals surface area contributed by atoms with Crippen LogP contribution in [0.5, 0.6) is 0 Å². The molecule has 1 rings (SSSR count). The third-order valence-corrected chi connectivity index (χ3v) is 2.46. The summed E-state index contributed by atoms with van der Waals surface area (Å²) in [5, 5.41) is 3.27. The van der Waals surface area contributed by atoms with Gasteiger partial charge < -0.3 is 15.5 Å². The predicted octanol–water partition coefficient (Wildman–Crippen LogP) is 1.76. The van der Waals surface area contributed by atoms with Gasteiger partial charge in [-0.05, 0) is 18.8 Å². The summed E-state index contributed by atoms with van der Waals surface area (Å²) in [6, 6.07) is 1.79. The van der Waals surface area contributed by atoms with Gasteiger partial charge in [-0.3, -0.25) is 0 Å². The largest absolute Gasteiger partial charge is 0.377 e. The average Bonchev–Trinajstić information content (AvgIpc) is 2.34. The molecule has 6 heteroatoms. The predicted molar refractivity (Wildman–Crippen MR) is 73.1 cm³/mol. The first kappa shape index (κ1) is 14.7. The van der Waals surface area contributed by atoms with Crippen molar-refractivity contribution in [1.29, 1.82) is 0 Å². The number of nitrogens with zero attached hydrogens (tertiary/aromatic N) is 2. The summed E-state index contributed by atoms with van der Waals surface area (Å²) in [4.78, 5) is 8.53. The van der Waals surface area contributed by atoms with Crippen LogP contribution in [0.2, 0.25) is 0 Å². The Kier molecular flexibility index (Phi) is 6.38. The van der Waals surface area contributed by atoms with Crippen molar-refractivity contribution in [3.8, 4) is 0 Å². The molecule has 0 atom stereocenters. The van der Waals surface area contributed by atoms with Crippen molar-refractivity contribution in [3.05, 3.63) is 11.9 Å². The molecule has 1 aromatic rings. The zero-order valence-electron chi connectivity index (χ0n) is 11.4. The number of ether oxygens (including phenoxy) is 1. The van der Waals surface area contributed by atoms with Crippen molar-refractivity contribution in [2.75, 3.05) is 24.4 Å². The summed E-state index contributed by atoms with van der Waals surface area (Å²) in [5.41, 5.74) is 2.53. The van der Waals surface area contributed by atoms with Crippen LogP contribution in [0.3, 0.4) is 0 Å². The molecule has 4 N–H and O–H groups in total. The number of hydrogen-bond donors (Lipinski definition) is 3. The van der Waals surface area contributed by atoms with E-state index in [9.17, 15) is 0 Å². The van der Waals surface area contributed by atoms with Gasteiger partial charge in [0.15, 0.2) is 5.82 Å². The lowest BCUT2D eigenvalue weighted by Crippen LogP contribution is -2.13. The number of rotatable bonds is 8. The molecule has 6 nitrogen and oxygen atoms in total. The van der Waals surface area contributed by atoms with Crippen LogP contribution < -0.4 is 16.6 Å². The highest BCUT2D eigenvalue weighted by molar-refractivity contribution is 5.46. The fourth-order valence-corrected chi connectivity index (χ4v) is 1.58. The monoisotopic (exact) mass is 253 g/mol. The number of anilines is 2. The average molecular weight is 253 g/mol. The number of methoxy groups -OCH3 is 1. The summed E-state index contributed by atoms with van der Waals surface area (Å²) in [6.07, 6.45) is 2.32. The number of hydrogen-bond acceptors (Lipinski definition) is 6. The molecule has 0 radical (unpaired) electrons. The summed E-state index contributed by atoms with van der Waals surface area (Å²) >= 11 is 0. The van der Waals surface area contributed by atoms with E-state index in [1.165, 1.54) is 6.42 Å². The zero-order chi connectivity index (χ0) is 13.4. The van der Waals surface area contributed by atoms with Crippen LogP contribution in [-0.4, -0.2) is 23.6 Å². The Hall–Kier alpha value is -1.40. The summed E-state index contributed by atoms with van der Waals surface area (Å²) in [6.45, 7) is 5.71. The molecule has 1 heterocycles. The smallest absolute Gasteiger partial charge is 0.158 e. The molecule has 0 aromatic carbocycles. The second kappa shape index (κ2) is 7.84. The molecule has 0 saturated carbocycles. The standard InChI is InChI=1S/C12H23N5O/c1-9(2)5-4-6-14-10-7-11(17-13)16-12(15-10)8-18-3/h7,9H,4-6,8,13H2,1-3H3,(H2,14,15,16,17). The van der Waals surface area contributed by atoms with E-state index in [-0.39, 0.29) is 0 Å². The van der Waals surface area contributed by atoms with Gasteiger partial charge in [-0.15, -0.1) is 0 Å². The van der Waals surface area contributed by atoms with Crippen molar-refractivity contribution in [3.63, 3.8) is 0 Å². The fourth-order valence-electron chi connectivity index (χ4n) is 1.58. The molecule has 0 saturated heterocycles.